The Hall–Kier alpha value is -0.980. The summed E-state index contributed by atoms with van der Waals surface area (Å²) in [7, 11) is 0. The summed E-state index contributed by atoms with van der Waals surface area (Å²) in [6.07, 6.45) is -1.33. The quantitative estimate of drug-likeness (QED) is 0.582. The van der Waals surface area contributed by atoms with E-state index in [4.69, 9.17) is 5.73 Å². The molecule has 1 rings (SSSR count). The lowest BCUT2D eigenvalue weighted by Gasteiger charge is -2.27. The second-order valence-electron chi connectivity index (χ2n) is 3.03. The molecule has 2 unspecified atom stereocenters. The van der Waals surface area contributed by atoms with Crippen molar-refractivity contribution in [1.82, 2.24) is 0 Å². The van der Waals surface area contributed by atoms with E-state index in [0.717, 1.165) is 13.0 Å². The van der Waals surface area contributed by atoms with Gasteiger partial charge in [-0.3, -0.25) is 10.1 Å². The van der Waals surface area contributed by atoms with Crippen LogP contribution in [0.3, 0.4) is 0 Å². The number of nitrogens with zero attached hydrogens (tertiary/aromatic N) is 1. The van der Waals surface area contributed by atoms with Gasteiger partial charge >= 0.3 is 0 Å². The highest BCUT2D eigenvalue weighted by molar-refractivity contribution is 9.11. The Morgan fingerprint density at radius 1 is 1.79 bits per heavy atom. The van der Waals surface area contributed by atoms with Crippen molar-refractivity contribution in [2.75, 3.05) is 0 Å². The highest BCUT2D eigenvalue weighted by Gasteiger charge is 2.46. The molecular weight excluding hydrogens is 262 g/mol. The molecule has 2 N–H and O–H groups in total. The third kappa shape index (κ3) is 1.52. The molecule has 0 aliphatic heterocycles. The highest BCUT2D eigenvalue weighted by Crippen LogP contribution is 2.39. The molecule has 14 heavy (non-hydrogen) atoms. The average Bonchev–Trinajstić information content (AvgIpc) is 2.08. The van der Waals surface area contributed by atoms with E-state index in [-0.39, 0.29) is 4.48 Å². The molecule has 0 heterocycles. The normalized spacial score (nSPS) is 32.9. The molecule has 1 aliphatic carbocycles. The van der Waals surface area contributed by atoms with Crippen molar-refractivity contribution in [3.8, 4) is 0 Å². The van der Waals surface area contributed by atoms with Gasteiger partial charge in [0, 0.05) is 10.6 Å². The minimum atomic E-state index is -2.34. The van der Waals surface area contributed by atoms with Crippen LogP contribution < -0.4 is 5.73 Å². The molecule has 0 bridgehead atoms. The van der Waals surface area contributed by atoms with Gasteiger partial charge in [-0.2, -0.15) is 0 Å². The summed E-state index contributed by atoms with van der Waals surface area (Å²) in [5.74, 6) is 0. The van der Waals surface area contributed by atoms with E-state index in [9.17, 15) is 18.9 Å². The average molecular weight is 269 g/mol. The van der Waals surface area contributed by atoms with E-state index in [0.29, 0.717) is 0 Å². The molecule has 0 aromatic rings. The summed E-state index contributed by atoms with van der Waals surface area (Å²) >= 11 is 2.74. The molecule has 78 valence electrons. The van der Waals surface area contributed by atoms with Gasteiger partial charge in [0.1, 0.15) is 5.70 Å². The van der Waals surface area contributed by atoms with Gasteiger partial charge in [0.2, 0.25) is 0 Å². The lowest BCUT2D eigenvalue weighted by molar-refractivity contribution is -0.421. The Kier molecular flexibility index (Phi) is 2.62. The van der Waals surface area contributed by atoms with Crippen LogP contribution >= 0.6 is 15.9 Å². The molecule has 0 spiro atoms. The largest absolute Gasteiger partial charge is 0.394 e. The summed E-state index contributed by atoms with van der Waals surface area (Å²) in [6, 6.07) is 0. The van der Waals surface area contributed by atoms with Crippen LogP contribution in [0.5, 0.6) is 0 Å². The first kappa shape index (κ1) is 11.1. The van der Waals surface area contributed by atoms with Crippen molar-refractivity contribution >= 4 is 15.9 Å². The van der Waals surface area contributed by atoms with Gasteiger partial charge < -0.3 is 5.73 Å². The van der Waals surface area contributed by atoms with E-state index in [1.165, 1.54) is 0 Å². The maximum Gasteiger partial charge on any atom is 0.292 e. The Bertz CT molecular complexity index is 352. The molecule has 2 atom stereocenters. The monoisotopic (exact) mass is 268 g/mol. The van der Waals surface area contributed by atoms with Crippen molar-refractivity contribution in [2.24, 2.45) is 5.73 Å². The number of nitro groups is 1. The van der Waals surface area contributed by atoms with Gasteiger partial charge in [-0.25, -0.2) is 8.78 Å². The van der Waals surface area contributed by atoms with Crippen LogP contribution in [0.1, 0.15) is 6.92 Å². The van der Waals surface area contributed by atoms with Crippen LogP contribution in [0.2, 0.25) is 0 Å². The number of nitrogens with two attached hydrogens (primary N) is 1. The van der Waals surface area contributed by atoms with Crippen LogP contribution in [-0.2, 0) is 0 Å². The van der Waals surface area contributed by atoms with Crippen molar-refractivity contribution in [1.29, 1.82) is 0 Å². The minimum absolute atomic E-state index is 0.224. The van der Waals surface area contributed by atoms with Crippen molar-refractivity contribution in [3.63, 3.8) is 0 Å². The Morgan fingerprint density at radius 2 is 2.29 bits per heavy atom. The molecule has 0 aromatic carbocycles. The zero-order valence-corrected chi connectivity index (χ0v) is 8.72. The Labute approximate surface area is 86.7 Å². The van der Waals surface area contributed by atoms with Crippen LogP contribution in [-0.4, -0.2) is 16.8 Å². The van der Waals surface area contributed by atoms with E-state index in [2.05, 4.69) is 15.9 Å². The summed E-state index contributed by atoms with van der Waals surface area (Å²) in [6.45, 7) is 0.960. The number of hydrogen-bond acceptors (Lipinski definition) is 3. The maximum atomic E-state index is 13.5. The standard InChI is InChI=1S/C7H7BrF2N2O2/c1-7(10)4(8)2-3(12(13)14)5(11)6(7)9/h2,6H,11H2,1H3. The zero-order chi connectivity index (χ0) is 11.1. The molecule has 0 saturated carbocycles. The van der Waals surface area contributed by atoms with Crippen molar-refractivity contribution in [2.45, 2.75) is 18.8 Å². The third-order valence-electron chi connectivity index (χ3n) is 1.97. The first-order valence-electron chi connectivity index (χ1n) is 3.63. The number of allylic oxidation sites excluding steroid dienone is 3. The lowest BCUT2D eigenvalue weighted by atomic mass is 9.93. The van der Waals surface area contributed by atoms with Crippen molar-refractivity contribution in [3.05, 3.63) is 32.1 Å². The number of halogens is 3. The van der Waals surface area contributed by atoms with Gasteiger partial charge in [0.25, 0.3) is 5.70 Å². The third-order valence-corrected chi connectivity index (χ3v) is 2.98. The minimum Gasteiger partial charge on any atom is -0.394 e. The van der Waals surface area contributed by atoms with Gasteiger partial charge in [0.15, 0.2) is 11.8 Å². The van der Waals surface area contributed by atoms with Crippen LogP contribution in [0.4, 0.5) is 8.78 Å². The second kappa shape index (κ2) is 3.30. The van der Waals surface area contributed by atoms with Crippen LogP contribution in [0, 0.1) is 10.1 Å². The molecule has 0 amide bonds. The topological polar surface area (TPSA) is 69.2 Å². The predicted octanol–water partition coefficient (Wildman–Crippen LogP) is 1.79. The molecule has 0 aromatic heterocycles. The summed E-state index contributed by atoms with van der Waals surface area (Å²) in [5, 5.41) is 10.4. The van der Waals surface area contributed by atoms with E-state index in [1.54, 1.807) is 0 Å². The molecule has 0 saturated heterocycles. The maximum absolute atomic E-state index is 13.5. The fourth-order valence-electron chi connectivity index (χ4n) is 1.05. The van der Waals surface area contributed by atoms with Crippen molar-refractivity contribution < 1.29 is 13.7 Å². The number of hydrogen-bond donors (Lipinski definition) is 1. The number of alkyl halides is 2. The smallest absolute Gasteiger partial charge is 0.292 e. The van der Waals surface area contributed by atoms with Gasteiger partial charge in [0.05, 0.1) is 4.92 Å². The zero-order valence-electron chi connectivity index (χ0n) is 7.13. The summed E-state index contributed by atoms with van der Waals surface area (Å²) in [4.78, 5) is 9.53. The molecule has 1 aliphatic rings. The fourth-order valence-corrected chi connectivity index (χ4v) is 1.46. The van der Waals surface area contributed by atoms with Crippen LogP contribution in [0.25, 0.3) is 0 Å². The van der Waals surface area contributed by atoms with E-state index < -0.39 is 28.2 Å². The van der Waals surface area contributed by atoms with Gasteiger partial charge in [-0.05, 0) is 6.92 Å². The van der Waals surface area contributed by atoms with E-state index >= 15 is 0 Å². The molecule has 0 fully saturated rings. The summed E-state index contributed by atoms with van der Waals surface area (Å²) < 4.78 is 26.6. The Balaban J connectivity index is 3.27. The van der Waals surface area contributed by atoms with Gasteiger partial charge in [-0.15, -0.1) is 0 Å². The second-order valence-corrected chi connectivity index (χ2v) is 3.88. The SMILES string of the molecule is CC1(F)C(Br)=CC([N+](=O)[O-])=C(N)C1F. The van der Waals surface area contributed by atoms with Gasteiger partial charge in [-0.1, -0.05) is 15.9 Å². The first-order chi connectivity index (χ1) is 6.28. The fraction of sp³-hybridized carbons (Fsp3) is 0.429. The first-order valence-corrected chi connectivity index (χ1v) is 4.42. The molecular formula is C7H7BrF2N2O2. The molecule has 0 radical (unpaired) electrons. The Morgan fingerprint density at radius 3 is 2.71 bits per heavy atom. The highest BCUT2D eigenvalue weighted by atomic mass is 79.9. The lowest BCUT2D eigenvalue weighted by Crippen LogP contribution is -2.40. The van der Waals surface area contributed by atoms with Crippen LogP contribution in [0.15, 0.2) is 22.0 Å². The molecule has 4 nitrogen and oxygen atoms in total. The molecule has 7 heteroatoms. The number of rotatable bonds is 1. The summed E-state index contributed by atoms with van der Waals surface area (Å²) in [5.41, 5.74) is 1.47. The van der Waals surface area contributed by atoms with E-state index in [1.807, 2.05) is 0 Å². The predicted molar refractivity (Wildman–Crippen MR) is 49.6 cm³/mol.